The van der Waals surface area contributed by atoms with E-state index in [0.29, 0.717) is 17.4 Å². The van der Waals surface area contributed by atoms with Gasteiger partial charge in [-0.1, -0.05) is 0 Å². The molecule has 0 radical (unpaired) electrons. The molecule has 1 atom stereocenters. The number of hydrogen-bond donors (Lipinski definition) is 3. The summed E-state index contributed by atoms with van der Waals surface area (Å²) in [6, 6.07) is 5.74. The minimum Gasteiger partial charge on any atom is -0.494 e. The molecule has 110 valence electrons. The fraction of sp³-hybridized carbons (Fsp3) is 0.533. The van der Waals surface area contributed by atoms with E-state index in [1.54, 1.807) is 7.11 Å². The molecule has 1 aliphatic rings. The van der Waals surface area contributed by atoms with E-state index in [9.17, 15) is 4.79 Å². The number of nitrogens with one attached hydrogen (secondary N) is 3. The van der Waals surface area contributed by atoms with Crippen LogP contribution in [0.1, 0.15) is 19.8 Å². The second kappa shape index (κ2) is 7.14. The van der Waals surface area contributed by atoms with Crippen LogP contribution in [0.4, 0.5) is 11.4 Å². The molecule has 2 rings (SSSR count). The molecule has 0 spiro atoms. The number of carbonyl (C=O) groups is 1. The number of amides is 1. The van der Waals surface area contributed by atoms with Gasteiger partial charge < -0.3 is 20.7 Å². The number of ether oxygens (including phenoxy) is 1. The normalized spacial score (nSPS) is 18.4. The van der Waals surface area contributed by atoms with E-state index in [4.69, 9.17) is 4.74 Å². The molecule has 20 heavy (non-hydrogen) atoms. The zero-order valence-corrected chi connectivity index (χ0v) is 12.2. The van der Waals surface area contributed by atoms with E-state index in [-0.39, 0.29) is 5.91 Å². The fourth-order valence-electron chi connectivity index (χ4n) is 2.45. The SMILES string of the molecule is COc1cc(NCC2CCCNC2)ccc1NC(C)=O. The second-order valence-corrected chi connectivity index (χ2v) is 5.19. The van der Waals surface area contributed by atoms with Crippen LogP contribution in [-0.2, 0) is 4.79 Å². The molecule has 1 saturated heterocycles. The van der Waals surface area contributed by atoms with Crippen LogP contribution >= 0.6 is 0 Å². The van der Waals surface area contributed by atoms with Gasteiger partial charge in [-0.2, -0.15) is 0 Å². The summed E-state index contributed by atoms with van der Waals surface area (Å²) in [7, 11) is 1.61. The van der Waals surface area contributed by atoms with Crippen molar-refractivity contribution in [1.29, 1.82) is 0 Å². The van der Waals surface area contributed by atoms with Gasteiger partial charge in [0.25, 0.3) is 0 Å². The largest absolute Gasteiger partial charge is 0.494 e. The summed E-state index contributed by atoms with van der Waals surface area (Å²) in [5.74, 6) is 1.24. The molecule has 5 nitrogen and oxygen atoms in total. The van der Waals surface area contributed by atoms with E-state index < -0.39 is 0 Å². The average molecular weight is 277 g/mol. The lowest BCUT2D eigenvalue weighted by Crippen LogP contribution is -2.33. The Hall–Kier alpha value is -1.75. The third-order valence-electron chi connectivity index (χ3n) is 3.51. The topological polar surface area (TPSA) is 62.4 Å². The highest BCUT2D eigenvalue weighted by molar-refractivity contribution is 5.90. The summed E-state index contributed by atoms with van der Waals surface area (Å²) in [6.07, 6.45) is 2.51. The maximum atomic E-state index is 11.1. The Labute approximate surface area is 120 Å². The highest BCUT2D eigenvalue weighted by Gasteiger charge is 2.13. The summed E-state index contributed by atoms with van der Waals surface area (Å²) in [6.45, 7) is 4.65. The molecule has 0 aliphatic carbocycles. The minimum atomic E-state index is -0.0997. The monoisotopic (exact) mass is 277 g/mol. The first kappa shape index (κ1) is 14.7. The zero-order chi connectivity index (χ0) is 14.4. The molecule has 1 aromatic carbocycles. The maximum absolute atomic E-state index is 11.1. The molecule has 3 N–H and O–H groups in total. The molecule has 0 saturated carbocycles. The second-order valence-electron chi connectivity index (χ2n) is 5.19. The molecule has 0 aromatic heterocycles. The molecular weight excluding hydrogens is 254 g/mol. The minimum absolute atomic E-state index is 0.0997. The first-order chi connectivity index (χ1) is 9.69. The summed E-state index contributed by atoms with van der Waals surface area (Å²) in [5, 5.41) is 9.60. The van der Waals surface area contributed by atoms with Crippen molar-refractivity contribution < 1.29 is 9.53 Å². The molecule has 1 heterocycles. The van der Waals surface area contributed by atoms with Gasteiger partial charge in [0.15, 0.2) is 0 Å². The summed E-state index contributed by atoms with van der Waals surface area (Å²) in [4.78, 5) is 11.1. The average Bonchev–Trinajstić information content (AvgIpc) is 2.46. The van der Waals surface area contributed by atoms with Gasteiger partial charge in [-0.15, -0.1) is 0 Å². The van der Waals surface area contributed by atoms with Crippen molar-refractivity contribution >= 4 is 17.3 Å². The van der Waals surface area contributed by atoms with Crippen LogP contribution in [0.5, 0.6) is 5.75 Å². The van der Waals surface area contributed by atoms with E-state index in [0.717, 1.165) is 25.3 Å². The Morgan fingerprint density at radius 2 is 2.35 bits per heavy atom. The van der Waals surface area contributed by atoms with Crippen molar-refractivity contribution in [2.24, 2.45) is 5.92 Å². The fourth-order valence-corrected chi connectivity index (χ4v) is 2.45. The van der Waals surface area contributed by atoms with Gasteiger partial charge in [0, 0.05) is 25.2 Å². The van der Waals surface area contributed by atoms with Crippen LogP contribution in [0.25, 0.3) is 0 Å². The third-order valence-corrected chi connectivity index (χ3v) is 3.51. The smallest absolute Gasteiger partial charge is 0.221 e. The Balaban J connectivity index is 1.96. The standard InChI is InChI=1S/C15H23N3O2/c1-11(19)18-14-6-5-13(8-15(14)20-2)17-10-12-4-3-7-16-9-12/h5-6,8,12,16-17H,3-4,7,9-10H2,1-2H3,(H,18,19). The maximum Gasteiger partial charge on any atom is 0.221 e. The van der Waals surface area contributed by atoms with Crippen molar-refractivity contribution in [2.75, 3.05) is 37.4 Å². The van der Waals surface area contributed by atoms with Crippen molar-refractivity contribution in [3.05, 3.63) is 18.2 Å². The molecule has 0 bridgehead atoms. The molecule has 1 aliphatic heterocycles. The predicted molar refractivity (Wildman–Crippen MR) is 81.4 cm³/mol. The molecular formula is C15H23N3O2. The Kier molecular flexibility index (Phi) is 5.24. The number of hydrogen-bond acceptors (Lipinski definition) is 4. The first-order valence-corrected chi connectivity index (χ1v) is 7.09. The lowest BCUT2D eigenvalue weighted by atomic mass is 10.00. The quantitative estimate of drug-likeness (QED) is 0.771. The van der Waals surface area contributed by atoms with Crippen LogP contribution in [0.2, 0.25) is 0 Å². The summed E-state index contributed by atoms with van der Waals surface area (Å²) >= 11 is 0. The van der Waals surface area contributed by atoms with Gasteiger partial charge in [0.1, 0.15) is 5.75 Å². The summed E-state index contributed by atoms with van der Waals surface area (Å²) < 4.78 is 5.31. The van der Waals surface area contributed by atoms with Crippen molar-refractivity contribution in [3.8, 4) is 5.75 Å². The number of benzene rings is 1. The number of piperidine rings is 1. The third kappa shape index (κ3) is 4.13. The molecule has 1 aromatic rings. The number of methoxy groups -OCH3 is 1. The number of anilines is 2. The number of carbonyl (C=O) groups excluding carboxylic acids is 1. The molecule has 1 fully saturated rings. The van der Waals surface area contributed by atoms with Crippen molar-refractivity contribution in [3.63, 3.8) is 0 Å². The first-order valence-electron chi connectivity index (χ1n) is 7.09. The van der Waals surface area contributed by atoms with E-state index in [1.165, 1.54) is 19.8 Å². The predicted octanol–water partition coefficient (Wildman–Crippen LogP) is 2.07. The molecule has 1 unspecified atom stereocenters. The highest BCUT2D eigenvalue weighted by Crippen LogP contribution is 2.28. The van der Waals surface area contributed by atoms with Gasteiger partial charge in [0.2, 0.25) is 5.91 Å². The van der Waals surface area contributed by atoms with E-state index in [1.807, 2.05) is 18.2 Å². The molecule has 5 heteroatoms. The van der Waals surface area contributed by atoms with E-state index in [2.05, 4.69) is 16.0 Å². The highest BCUT2D eigenvalue weighted by atomic mass is 16.5. The van der Waals surface area contributed by atoms with Crippen LogP contribution in [0, 0.1) is 5.92 Å². The number of rotatable bonds is 5. The van der Waals surface area contributed by atoms with Gasteiger partial charge in [-0.25, -0.2) is 0 Å². The lowest BCUT2D eigenvalue weighted by Gasteiger charge is -2.23. The molecule has 1 amide bonds. The van der Waals surface area contributed by atoms with Crippen molar-refractivity contribution in [2.45, 2.75) is 19.8 Å². The van der Waals surface area contributed by atoms with Gasteiger partial charge in [-0.3, -0.25) is 4.79 Å². The Bertz CT molecular complexity index is 456. The van der Waals surface area contributed by atoms with E-state index >= 15 is 0 Å². The van der Waals surface area contributed by atoms with Crippen LogP contribution in [-0.4, -0.2) is 32.7 Å². The van der Waals surface area contributed by atoms with Gasteiger partial charge in [0.05, 0.1) is 12.8 Å². The van der Waals surface area contributed by atoms with Crippen LogP contribution in [0.3, 0.4) is 0 Å². The Morgan fingerprint density at radius 3 is 3.00 bits per heavy atom. The zero-order valence-electron chi connectivity index (χ0n) is 12.2. The van der Waals surface area contributed by atoms with Crippen molar-refractivity contribution in [1.82, 2.24) is 5.32 Å². The van der Waals surface area contributed by atoms with Crippen LogP contribution < -0.4 is 20.7 Å². The summed E-state index contributed by atoms with van der Waals surface area (Å²) in [5.41, 5.74) is 1.71. The van der Waals surface area contributed by atoms with Crippen LogP contribution in [0.15, 0.2) is 18.2 Å². The Morgan fingerprint density at radius 1 is 1.50 bits per heavy atom. The van der Waals surface area contributed by atoms with Gasteiger partial charge >= 0.3 is 0 Å². The lowest BCUT2D eigenvalue weighted by molar-refractivity contribution is -0.114. The van der Waals surface area contributed by atoms with Gasteiger partial charge in [-0.05, 0) is 44.0 Å².